The number of hydrogen-bond donors (Lipinski definition) is 3. The molecule has 4 aliphatic carbocycles. The first kappa shape index (κ1) is 23.7. The van der Waals surface area contributed by atoms with E-state index in [9.17, 15) is 24.6 Å². The quantitative estimate of drug-likeness (QED) is 0.551. The lowest BCUT2D eigenvalue weighted by Crippen LogP contribution is -2.59. The van der Waals surface area contributed by atoms with Crippen LogP contribution in [-0.2, 0) is 19.1 Å². The second kappa shape index (κ2) is 8.39. The molecule has 0 radical (unpaired) electrons. The topological polar surface area (TPSA) is 121 Å². The van der Waals surface area contributed by atoms with E-state index in [-0.39, 0.29) is 53.3 Å². The van der Waals surface area contributed by atoms with Crippen molar-refractivity contribution in [2.24, 2.45) is 40.4 Å². The molecule has 180 valence electrons. The zero-order chi connectivity index (χ0) is 23.4. The van der Waals surface area contributed by atoms with E-state index in [0.717, 1.165) is 25.7 Å². The number of esters is 1. The number of aliphatic carboxylic acids is 1. The van der Waals surface area contributed by atoms with Gasteiger partial charge in [-0.1, -0.05) is 13.8 Å². The Bertz CT molecular complexity index is 780. The molecule has 4 aliphatic rings. The van der Waals surface area contributed by atoms with Crippen molar-refractivity contribution in [1.29, 1.82) is 0 Å². The molecule has 7 nitrogen and oxygen atoms in total. The van der Waals surface area contributed by atoms with Gasteiger partial charge in [-0.05, 0) is 74.0 Å². The van der Waals surface area contributed by atoms with Gasteiger partial charge in [0, 0.05) is 18.3 Å². The normalized spacial score (nSPS) is 46.5. The van der Waals surface area contributed by atoms with Crippen molar-refractivity contribution in [2.45, 2.75) is 96.9 Å². The predicted octanol–water partition coefficient (Wildman–Crippen LogP) is 2.95. The maximum atomic E-state index is 13.2. The minimum Gasteiger partial charge on any atom is -0.481 e. The monoisotopic (exact) mass is 450 g/mol. The molecule has 4 saturated carbocycles. The fourth-order valence-electron chi connectivity index (χ4n) is 8.44. The molecular formula is C25H38O7. The van der Waals surface area contributed by atoms with Crippen molar-refractivity contribution in [3.05, 3.63) is 0 Å². The van der Waals surface area contributed by atoms with Crippen molar-refractivity contribution in [1.82, 2.24) is 0 Å². The third-order valence-corrected chi connectivity index (χ3v) is 9.98. The molecule has 0 heterocycles. The summed E-state index contributed by atoms with van der Waals surface area (Å²) in [5.41, 5.74) is -0.295. The largest absolute Gasteiger partial charge is 0.481 e. The second-order valence-corrected chi connectivity index (χ2v) is 11.5. The third-order valence-electron chi connectivity index (χ3n) is 9.98. The highest BCUT2D eigenvalue weighted by Gasteiger charge is 2.63. The van der Waals surface area contributed by atoms with Crippen molar-refractivity contribution < 1.29 is 34.4 Å². The van der Waals surface area contributed by atoms with E-state index in [2.05, 4.69) is 13.8 Å². The fraction of sp³-hybridized carbons (Fsp3) is 0.880. The minimum atomic E-state index is -1.00. The summed E-state index contributed by atoms with van der Waals surface area (Å²) in [6, 6.07) is 0. The number of fused-ring (bicyclic) bond motifs is 5. The number of carboxylic acids is 1. The van der Waals surface area contributed by atoms with Gasteiger partial charge in [0.15, 0.2) is 0 Å². The summed E-state index contributed by atoms with van der Waals surface area (Å²) >= 11 is 0. The number of aliphatic hydroxyl groups excluding tert-OH is 2. The number of rotatable bonds is 5. The molecule has 3 N–H and O–H groups in total. The summed E-state index contributed by atoms with van der Waals surface area (Å²) in [6.45, 7) is 6.36. The number of ketones is 1. The lowest BCUT2D eigenvalue weighted by atomic mass is 9.44. The van der Waals surface area contributed by atoms with Crippen molar-refractivity contribution >= 4 is 17.7 Å². The Hall–Kier alpha value is -1.47. The molecular weight excluding hydrogens is 412 g/mol. The van der Waals surface area contributed by atoms with Crippen LogP contribution in [0.4, 0.5) is 0 Å². The van der Waals surface area contributed by atoms with Crippen LogP contribution in [0.5, 0.6) is 0 Å². The van der Waals surface area contributed by atoms with Gasteiger partial charge in [0.05, 0.1) is 25.0 Å². The minimum absolute atomic E-state index is 0.0239. The Morgan fingerprint density at radius 3 is 2.44 bits per heavy atom. The van der Waals surface area contributed by atoms with E-state index in [1.807, 2.05) is 6.92 Å². The predicted molar refractivity (Wildman–Crippen MR) is 115 cm³/mol. The molecule has 0 aliphatic heterocycles. The summed E-state index contributed by atoms with van der Waals surface area (Å²) < 4.78 is 5.66. The average molecular weight is 451 g/mol. The van der Waals surface area contributed by atoms with Gasteiger partial charge in [0.1, 0.15) is 11.9 Å². The van der Waals surface area contributed by atoms with Gasteiger partial charge in [-0.25, -0.2) is 0 Å². The summed E-state index contributed by atoms with van der Waals surface area (Å²) in [6.07, 6.45) is 3.13. The van der Waals surface area contributed by atoms with Gasteiger partial charge < -0.3 is 20.1 Å². The van der Waals surface area contributed by atoms with Crippen molar-refractivity contribution in [3.8, 4) is 0 Å². The van der Waals surface area contributed by atoms with Crippen molar-refractivity contribution in [2.75, 3.05) is 0 Å². The molecule has 10 atom stereocenters. The average Bonchev–Trinajstić information content (AvgIpc) is 3.06. The number of ether oxygens (including phenoxy) is 1. The number of carbonyl (C=O) groups excluding carboxylic acids is 2. The number of aliphatic hydroxyl groups is 2. The van der Waals surface area contributed by atoms with Gasteiger partial charge in [-0.3, -0.25) is 14.4 Å². The molecule has 0 spiro atoms. The fourth-order valence-corrected chi connectivity index (χ4v) is 8.44. The van der Waals surface area contributed by atoms with Crippen molar-refractivity contribution in [3.63, 3.8) is 0 Å². The first-order valence-electron chi connectivity index (χ1n) is 12.3. The first-order valence-corrected chi connectivity index (χ1v) is 12.3. The zero-order valence-electron chi connectivity index (χ0n) is 19.5. The molecule has 0 aromatic rings. The Kier molecular flexibility index (Phi) is 6.21. The van der Waals surface area contributed by atoms with E-state index < -0.39 is 24.1 Å². The third kappa shape index (κ3) is 3.79. The van der Waals surface area contributed by atoms with E-state index in [4.69, 9.17) is 9.84 Å². The van der Waals surface area contributed by atoms with Crippen LogP contribution >= 0.6 is 0 Å². The SMILES string of the molecule is C[C@@H](OC(=O)CCC(=O)O)[C@H]1CC[C@H]2[C@@H]3CC(=O)[C@H]4C[C@H](O)[C@H](O)C[C@]4(C)[C@H]3CC[C@]12C. The van der Waals surface area contributed by atoms with E-state index in [1.54, 1.807) is 0 Å². The van der Waals surface area contributed by atoms with Gasteiger partial charge in [-0.15, -0.1) is 0 Å². The number of carboxylic acid groups (broad SMARTS) is 1. The maximum absolute atomic E-state index is 13.2. The zero-order valence-corrected chi connectivity index (χ0v) is 19.5. The number of hydrogen-bond acceptors (Lipinski definition) is 6. The first-order chi connectivity index (χ1) is 15.0. The van der Waals surface area contributed by atoms with Crippen LogP contribution in [0.15, 0.2) is 0 Å². The number of Topliss-reactive ketones (excluding diaryl/α,β-unsaturated/α-hetero) is 1. The van der Waals surface area contributed by atoms with Crippen LogP contribution in [0.1, 0.15) is 78.6 Å². The highest BCUT2D eigenvalue weighted by molar-refractivity contribution is 5.83. The molecule has 4 fully saturated rings. The van der Waals surface area contributed by atoms with Gasteiger partial charge in [0.2, 0.25) is 0 Å². The highest BCUT2D eigenvalue weighted by Crippen LogP contribution is 2.67. The smallest absolute Gasteiger partial charge is 0.306 e. The number of carbonyl (C=O) groups is 3. The van der Waals surface area contributed by atoms with Crippen LogP contribution in [0, 0.1) is 40.4 Å². The molecule has 0 amide bonds. The van der Waals surface area contributed by atoms with Crippen LogP contribution in [-0.4, -0.2) is 51.4 Å². The Morgan fingerprint density at radius 2 is 1.75 bits per heavy atom. The summed E-state index contributed by atoms with van der Waals surface area (Å²) in [5.74, 6) is -0.201. The standard InChI is InChI=1S/C25H38O7/c1-13(32-23(31)7-6-22(29)30)15-4-5-16-14-10-19(26)18-11-20(27)21(28)12-25(18,3)17(14)8-9-24(15,16)2/h13-18,20-21,27-28H,4-12H2,1-3H3,(H,29,30)/t13-,14+,15-,16+,17+,18-,20+,21-,24-,25-/m1/s1. The van der Waals surface area contributed by atoms with Crippen LogP contribution < -0.4 is 0 Å². The Morgan fingerprint density at radius 1 is 1.06 bits per heavy atom. The summed E-state index contributed by atoms with van der Waals surface area (Å²) in [7, 11) is 0. The molecule has 0 bridgehead atoms. The second-order valence-electron chi connectivity index (χ2n) is 11.5. The lowest BCUT2D eigenvalue weighted by molar-refractivity contribution is -0.176. The molecule has 4 rings (SSSR count). The molecule has 0 unspecified atom stereocenters. The van der Waals surface area contributed by atoms with E-state index in [0.29, 0.717) is 31.1 Å². The summed E-state index contributed by atoms with van der Waals surface area (Å²) in [4.78, 5) is 36.1. The summed E-state index contributed by atoms with van der Waals surface area (Å²) in [5, 5.41) is 29.4. The Balaban J connectivity index is 1.50. The van der Waals surface area contributed by atoms with Crippen LogP contribution in [0.25, 0.3) is 0 Å². The van der Waals surface area contributed by atoms with Crippen LogP contribution in [0.3, 0.4) is 0 Å². The van der Waals surface area contributed by atoms with E-state index in [1.165, 1.54) is 0 Å². The van der Waals surface area contributed by atoms with Gasteiger partial charge >= 0.3 is 11.9 Å². The Labute approximate surface area is 189 Å². The molecule has 0 saturated heterocycles. The highest BCUT2D eigenvalue weighted by atomic mass is 16.5. The molecule has 0 aromatic carbocycles. The van der Waals surface area contributed by atoms with Gasteiger partial charge in [-0.2, -0.15) is 0 Å². The lowest BCUT2D eigenvalue weighted by Gasteiger charge is -2.60. The van der Waals surface area contributed by atoms with Crippen LogP contribution in [0.2, 0.25) is 0 Å². The van der Waals surface area contributed by atoms with Gasteiger partial charge in [0.25, 0.3) is 0 Å². The molecule has 0 aromatic heterocycles. The maximum Gasteiger partial charge on any atom is 0.306 e. The molecule has 32 heavy (non-hydrogen) atoms. The van der Waals surface area contributed by atoms with E-state index >= 15 is 0 Å². The molecule has 7 heteroatoms.